The monoisotopic (exact) mass is 326 g/mol. The zero-order valence-electron chi connectivity index (χ0n) is 13.3. The van der Waals surface area contributed by atoms with E-state index < -0.39 is 0 Å². The lowest BCUT2D eigenvalue weighted by Gasteiger charge is -2.42. The van der Waals surface area contributed by atoms with E-state index in [-0.39, 0.29) is 16.5 Å². The van der Waals surface area contributed by atoms with Gasteiger partial charge in [0.1, 0.15) is 0 Å². The zero-order chi connectivity index (χ0) is 16.7. The lowest BCUT2D eigenvalue weighted by Crippen LogP contribution is -2.46. The van der Waals surface area contributed by atoms with Crippen LogP contribution in [0, 0.1) is 11.1 Å². The molecule has 2 bridgehead atoms. The number of rotatable bonds is 3. The molecule has 0 unspecified atom stereocenters. The molecule has 0 spiro atoms. The van der Waals surface area contributed by atoms with Gasteiger partial charge in [-0.2, -0.15) is 0 Å². The van der Waals surface area contributed by atoms with E-state index >= 15 is 0 Å². The Kier molecular flexibility index (Phi) is 3.88. The first-order chi connectivity index (χ1) is 11.6. The Bertz CT molecular complexity index is 785. The van der Waals surface area contributed by atoms with Gasteiger partial charge in [0, 0.05) is 43.9 Å². The number of nitrogens with zero attached hydrogens (tertiary/aromatic N) is 3. The smallest absolute Gasteiger partial charge is 0.250 e. The van der Waals surface area contributed by atoms with Gasteiger partial charge in [0.15, 0.2) is 0 Å². The van der Waals surface area contributed by atoms with Crippen LogP contribution in [-0.4, -0.2) is 27.8 Å². The molecule has 6 heteroatoms. The quantitative estimate of drug-likeness (QED) is 0.875. The van der Waals surface area contributed by atoms with Gasteiger partial charge in [-0.1, -0.05) is 18.2 Å². The molecule has 3 heterocycles. The van der Waals surface area contributed by atoms with Crippen molar-refractivity contribution in [1.29, 1.82) is 0 Å². The molecule has 0 amide bonds. The first-order valence-corrected chi connectivity index (χ1v) is 8.27. The number of hydrogen-bond acceptors (Lipinski definition) is 5. The highest BCUT2D eigenvalue weighted by Crippen LogP contribution is 2.35. The average Bonchev–Trinajstić information content (AvgIpc) is 2.56. The van der Waals surface area contributed by atoms with Crippen molar-refractivity contribution in [1.82, 2.24) is 9.47 Å². The molecular formula is C18H20N3O3-. The van der Waals surface area contributed by atoms with Gasteiger partial charge in [0.25, 0.3) is 5.56 Å². The van der Waals surface area contributed by atoms with Crippen LogP contribution < -0.4 is 10.8 Å². The number of benzene rings is 1. The Morgan fingerprint density at radius 2 is 1.92 bits per heavy atom. The van der Waals surface area contributed by atoms with E-state index in [1.807, 2.05) is 22.8 Å². The Hall–Kier alpha value is -2.15. The van der Waals surface area contributed by atoms with Crippen LogP contribution in [0.25, 0.3) is 0 Å². The number of fused-ring (bicyclic) bond motifs is 4. The lowest BCUT2D eigenvalue weighted by atomic mass is 9.83. The predicted molar refractivity (Wildman–Crippen MR) is 90.9 cm³/mol. The summed E-state index contributed by atoms with van der Waals surface area (Å²) in [5, 5.41) is 19.6. The second kappa shape index (κ2) is 6.05. The van der Waals surface area contributed by atoms with Crippen molar-refractivity contribution in [2.45, 2.75) is 25.4 Å². The maximum Gasteiger partial charge on any atom is 0.250 e. The van der Waals surface area contributed by atoms with E-state index in [0.717, 1.165) is 43.9 Å². The van der Waals surface area contributed by atoms with E-state index in [9.17, 15) is 10.0 Å². The highest BCUT2D eigenvalue weighted by molar-refractivity contribution is 5.45. The van der Waals surface area contributed by atoms with Gasteiger partial charge in [-0.3, -0.25) is 14.9 Å². The van der Waals surface area contributed by atoms with Crippen molar-refractivity contribution >= 4 is 5.69 Å². The molecule has 6 nitrogen and oxygen atoms in total. The van der Waals surface area contributed by atoms with E-state index in [2.05, 4.69) is 11.0 Å². The first kappa shape index (κ1) is 15.4. The van der Waals surface area contributed by atoms with Gasteiger partial charge < -0.3 is 15.0 Å². The van der Waals surface area contributed by atoms with Crippen LogP contribution in [0.4, 0.5) is 5.69 Å². The molecule has 1 fully saturated rings. The fourth-order valence-corrected chi connectivity index (χ4v) is 4.11. The van der Waals surface area contributed by atoms with E-state index in [4.69, 9.17) is 5.21 Å². The summed E-state index contributed by atoms with van der Waals surface area (Å²) >= 11 is 0. The molecule has 4 rings (SSSR count). The van der Waals surface area contributed by atoms with Crippen molar-refractivity contribution in [2.24, 2.45) is 5.92 Å². The largest absolute Gasteiger partial charge is 0.733 e. The minimum Gasteiger partial charge on any atom is -0.733 e. The fraction of sp³-hybridized carbons (Fsp3) is 0.389. The summed E-state index contributed by atoms with van der Waals surface area (Å²) < 4.78 is 1.94. The SMILES string of the molecule is O=c1cccc2n1C[C@@H]1C[C@H]2CN(Cc2ccc(N([O-])O)cc2)C1. The molecule has 2 aromatic rings. The van der Waals surface area contributed by atoms with Crippen molar-refractivity contribution in [3.05, 3.63) is 69.3 Å². The minimum atomic E-state index is -0.121. The Labute approximate surface area is 140 Å². The fourth-order valence-electron chi connectivity index (χ4n) is 4.11. The third kappa shape index (κ3) is 2.84. The number of aromatic nitrogens is 1. The molecular weight excluding hydrogens is 306 g/mol. The summed E-state index contributed by atoms with van der Waals surface area (Å²) in [5.41, 5.74) is 2.62. The van der Waals surface area contributed by atoms with Gasteiger partial charge in [-0.25, -0.2) is 0 Å². The summed E-state index contributed by atoms with van der Waals surface area (Å²) in [4.78, 5) is 14.5. The third-order valence-corrected chi connectivity index (χ3v) is 5.12. The van der Waals surface area contributed by atoms with E-state index in [1.54, 1.807) is 18.2 Å². The summed E-state index contributed by atoms with van der Waals surface area (Å²) in [6.45, 7) is 3.54. The lowest BCUT2D eigenvalue weighted by molar-refractivity contribution is 0.114. The van der Waals surface area contributed by atoms with Crippen molar-refractivity contribution in [2.75, 3.05) is 18.3 Å². The number of likely N-dealkylation sites (tertiary alicyclic amines) is 1. The number of hydrogen-bond donors (Lipinski definition) is 1. The molecule has 0 aliphatic carbocycles. The Morgan fingerprint density at radius 1 is 1.12 bits per heavy atom. The molecule has 1 aromatic carbocycles. The molecule has 1 saturated heterocycles. The molecule has 2 atom stereocenters. The van der Waals surface area contributed by atoms with Crippen LogP contribution >= 0.6 is 0 Å². The van der Waals surface area contributed by atoms with Crippen molar-refractivity contribution in [3.63, 3.8) is 0 Å². The van der Waals surface area contributed by atoms with Crippen molar-refractivity contribution in [3.8, 4) is 0 Å². The molecule has 24 heavy (non-hydrogen) atoms. The van der Waals surface area contributed by atoms with Crippen LogP contribution in [0.5, 0.6) is 0 Å². The van der Waals surface area contributed by atoms with Gasteiger partial charge in [-0.15, -0.1) is 0 Å². The topological polar surface area (TPSA) is 71.8 Å². The van der Waals surface area contributed by atoms with E-state index in [0.29, 0.717) is 11.8 Å². The van der Waals surface area contributed by atoms with Crippen LogP contribution in [0.2, 0.25) is 0 Å². The molecule has 0 radical (unpaired) electrons. The Morgan fingerprint density at radius 3 is 2.67 bits per heavy atom. The van der Waals surface area contributed by atoms with Gasteiger partial charge >= 0.3 is 0 Å². The first-order valence-electron chi connectivity index (χ1n) is 8.27. The summed E-state index contributed by atoms with van der Waals surface area (Å²) in [6, 6.07) is 12.6. The highest BCUT2D eigenvalue weighted by Gasteiger charge is 2.34. The van der Waals surface area contributed by atoms with Crippen molar-refractivity contribution < 1.29 is 5.21 Å². The maximum absolute atomic E-state index is 12.1. The summed E-state index contributed by atoms with van der Waals surface area (Å²) in [6.07, 6.45) is 1.15. The minimum absolute atomic E-state index is 0.109. The van der Waals surface area contributed by atoms with Gasteiger partial charge in [-0.05, 0) is 36.1 Å². The third-order valence-electron chi connectivity index (χ3n) is 5.12. The molecule has 1 aromatic heterocycles. The second-order valence-corrected chi connectivity index (χ2v) is 6.83. The van der Waals surface area contributed by atoms with Gasteiger partial charge in [0.2, 0.25) is 0 Å². The molecule has 1 N–H and O–H groups in total. The average molecular weight is 326 g/mol. The highest BCUT2D eigenvalue weighted by atomic mass is 16.8. The van der Waals surface area contributed by atoms with Crippen LogP contribution in [0.1, 0.15) is 23.6 Å². The molecule has 126 valence electrons. The molecule has 2 aliphatic rings. The summed E-state index contributed by atoms with van der Waals surface area (Å²) in [7, 11) is 0. The normalized spacial score (nSPS) is 22.9. The van der Waals surface area contributed by atoms with Crippen LogP contribution in [-0.2, 0) is 13.1 Å². The standard InChI is InChI=1S/C18H20N3O3/c22-18-3-1-2-17-15-8-14(11-20(17)18)10-19(12-15)9-13-4-6-16(7-5-13)21(23)24/h1-7,14-15,23H,8-12H2/q-1/t14-,15+/m1/s1. The number of pyridine rings is 1. The molecule has 0 saturated carbocycles. The zero-order valence-corrected chi connectivity index (χ0v) is 13.3. The Balaban J connectivity index is 1.51. The van der Waals surface area contributed by atoms with Gasteiger partial charge in [0.05, 0.1) is 5.69 Å². The maximum atomic E-state index is 12.1. The number of piperidine rings is 1. The van der Waals surface area contributed by atoms with E-state index in [1.165, 1.54) is 0 Å². The summed E-state index contributed by atoms with van der Waals surface area (Å²) in [5.74, 6) is 0.908. The van der Waals surface area contributed by atoms with Crippen LogP contribution in [0.15, 0.2) is 47.3 Å². The second-order valence-electron chi connectivity index (χ2n) is 6.83. The molecule has 2 aliphatic heterocycles. The predicted octanol–water partition coefficient (Wildman–Crippen LogP) is 2.16. The number of anilines is 1. The van der Waals surface area contributed by atoms with Crippen LogP contribution in [0.3, 0.4) is 0 Å².